The molecular weight excluding hydrogens is 232 g/mol. The Morgan fingerprint density at radius 2 is 2.06 bits per heavy atom. The quantitative estimate of drug-likeness (QED) is 0.846. The molecule has 2 aromatic rings. The van der Waals surface area contributed by atoms with E-state index < -0.39 is 0 Å². The van der Waals surface area contributed by atoms with E-state index in [0.717, 1.165) is 18.8 Å². The fourth-order valence-corrected chi connectivity index (χ4v) is 2.01. The van der Waals surface area contributed by atoms with Crippen molar-refractivity contribution in [2.45, 2.75) is 32.7 Å². The third-order valence-electron chi connectivity index (χ3n) is 2.68. The minimum absolute atomic E-state index is 0.375. The van der Waals surface area contributed by atoms with Crippen LogP contribution in [0.4, 0.5) is 0 Å². The molecule has 2 rings (SSSR count). The Labute approximate surface area is 106 Å². The molecule has 0 aliphatic carbocycles. The van der Waals surface area contributed by atoms with Crippen molar-refractivity contribution in [3.63, 3.8) is 0 Å². The zero-order valence-corrected chi connectivity index (χ0v) is 10.9. The number of pyridine rings is 1. The monoisotopic (exact) mass is 248 g/mol. The summed E-state index contributed by atoms with van der Waals surface area (Å²) >= 11 is 5.24. The predicted molar refractivity (Wildman–Crippen MR) is 69.4 cm³/mol. The normalized spacial score (nSPS) is 11.0. The molecule has 0 fully saturated rings. The number of H-pyrrole nitrogens is 1. The zero-order valence-electron chi connectivity index (χ0n) is 10.1. The predicted octanol–water partition coefficient (Wildman–Crippen LogP) is 2.70. The molecule has 5 heteroatoms. The molecule has 0 atom stereocenters. The number of hydrogen-bond acceptors (Lipinski definition) is 3. The molecule has 2 heterocycles. The largest absolute Gasteiger partial charge is 0.304 e. The van der Waals surface area contributed by atoms with Crippen LogP contribution in [0.15, 0.2) is 24.5 Å². The van der Waals surface area contributed by atoms with Gasteiger partial charge in [-0.3, -0.25) is 10.1 Å². The highest BCUT2D eigenvalue weighted by atomic mass is 32.1. The average molecular weight is 248 g/mol. The Morgan fingerprint density at radius 1 is 1.35 bits per heavy atom. The third-order valence-corrected chi connectivity index (χ3v) is 2.99. The Balaban J connectivity index is 2.14. The van der Waals surface area contributed by atoms with Crippen molar-refractivity contribution < 1.29 is 0 Å². The van der Waals surface area contributed by atoms with Crippen molar-refractivity contribution in [2.75, 3.05) is 0 Å². The molecule has 0 radical (unpaired) electrons. The van der Waals surface area contributed by atoms with E-state index in [1.807, 2.05) is 24.5 Å². The van der Waals surface area contributed by atoms with Gasteiger partial charge in [-0.05, 0) is 36.3 Å². The second-order valence-electron chi connectivity index (χ2n) is 4.30. The number of hydrogen-bond donors (Lipinski definition) is 1. The lowest BCUT2D eigenvalue weighted by atomic mass is 10.2. The van der Waals surface area contributed by atoms with Gasteiger partial charge < -0.3 is 4.57 Å². The van der Waals surface area contributed by atoms with Gasteiger partial charge in [-0.1, -0.05) is 13.8 Å². The van der Waals surface area contributed by atoms with Gasteiger partial charge in [-0.15, -0.1) is 0 Å². The van der Waals surface area contributed by atoms with Crippen LogP contribution < -0.4 is 0 Å². The second-order valence-corrected chi connectivity index (χ2v) is 4.69. The fourth-order valence-electron chi connectivity index (χ4n) is 1.78. The second kappa shape index (κ2) is 5.23. The van der Waals surface area contributed by atoms with E-state index in [-0.39, 0.29) is 0 Å². The maximum atomic E-state index is 5.24. The molecule has 0 spiro atoms. The van der Waals surface area contributed by atoms with Crippen LogP contribution in [0.25, 0.3) is 0 Å². The van der Waals surface area contributed by atoms with E-state index in [4.69, 9.17) is 12.2 Å². The smallest absolute Gasteiger partial charge is 0.195 e. The van der Waals surface area contributed by atoms with E-state index in [0.29, 0.717) is 10.7 Å². The number of aromatic nitrogens is 4. The van der Waals surface area contributed by atoms with Gasteiger partial charge in [0.2, 0.25) is 0 Å². The molecule has 4 nitrogen and oxygen atoms in total. The number of aromatic amines is 1. The molecule has 0 unspecified atom stereocenters. The van der Waals surface area contributed by atoms with Crippen molar-refractivity contribution in [3.8, 4) is 0 Å². The summed E-state index contributed by atoms with van der Waals surface area (Å²) in [7, 11) is 0. The lowest BCUT2D eigenvalue weighted by Gasteiger charge is -2.08. The fraction of sp³-hybridized carbons (Fsp3) is 0.417. The van der Waals surface area contributed by atoms with Gasteiger partial charge in [0.05, 0.1) is 0 Å². The summed E-state index contributed by atoms with van der Waals surface area (Å²) in [4.78, 5) is 4.01. The Kier molecular flexibility index (Phi) is 3.68. The minimum Gasteiger partial charge on any atom is -0.304 e. The topological polar surface area (TPSA) is 46.5 Å². The molecule has 17 heavy (non-hydrogen) atoms. The maximum Gasteiger partial charge on any atom is 0.195 e. The average Bonchev–Trinajstić information content (AvgIpc) is 2.69. The van der Waals surface area contributed by atoms with Crippen molar-refractivity contribution in [1.29, 1.82) is 0 Å². The lowest BCUT2D eigenvalue weighted by molar-refractivity contribution is 0.614. The summed E-state index contributed by atoms with van der Waals surface area (Å²) in [5.41, 5.74) is 1.26. The van der Waals surface area contributed by atoms with Crippen molar-refractivity contribution in [1.82, 2.24) is 19.7 Å². The number of nitrogens with one attached hydrogen (secondary N) is 1. The van der Waals surface area contributed by atoms with Crippen LogP contribution in [0.1, 0.15) is 31.2 Å². The molecular formula is C12H16N4S. The maximum absolute atomic E-state index is 5.24. The highest BCUT2D eigenvalue weighted by Gasteiger charge is 2.09. The van der Waals surface area contributed by atoms with E-state index in [2.05, 4.69) is 33.6 Å². The lowest BCUT2D eigenvalue weighted by Crippen LogP contribution is -2.07. The van der Waals surface area contributed by atoms with E-state index in [1.54, 1.807) is 0 Å². The number of rotatable bonds is 4. The van der Waals surface area contributed by atoms with Gasteiger partial charge in [-0.25, -0.2) is 0 Å². The van der Waals surface area contributed by atoms with E-state index in [9.17, 15) is 0 Å². The van der Waals surface area contributed by atoms with E-state index in [1.165, 1.54) is 5.56 Å². The first-order valence-corrected chi connectivity index (χ1v) is 6.13. The van der Waals surface area contributed by atoms with Gasteiger partial charge in [0.1, 0.15) is 5.82 Å². The Morgan fingerprint density at radius 3 is 2.71 bits per heavy atom. The van der Waals surface area contributed by atoms with Crippen LogP contribution in [0.3, 0.4) is 0 Å². The molecule has 0 saturated heterocycles. The van der Waals surface area contributed by atoms with Crippen LogP contribution in [-0.4, -0.2) is 19.7 Å². The minimum atomic E-state index is 0.375. The van der Waals surface area contributed by atoms with Crippen molar-refractivity contribution in [2.24, 2.45) is 0 Å². The van der Waals surface area contributed by atoms with Crippen LogP contribution in [0, 0.1) is 4.77 Å². The highest BCUT2D eigenvalue weighted by Crippen LogP contribution is 2.12. The molecule has 0 aliphatic rings. The van der Waals surface area contributed by atoms with Crippen LogP contribution in [0.5, 0.6) is 0 Å². The van der Waals surface area contributed by atoms with Crippen LogP contribution >= 0.6 is 12.2 Å². The molecule has 2 aromatic heterocycles. The van der Waals surface area contributed by atoms with Crippen LogP contribution in [0.2, 0.25) is 0 Å². The third kappa shape index (κ3) is 2.79. The van der Waals surface area contributed by atoms with Crippen LogP contribution in [-0.2, 0) is 13.0 Å². The Bertz CT molecular complexity index is 527. The SMILES string of the molecule is CC(C)c1n[nH]c(=S)n1CCc1ccncc1. The summed E-state index contributed by atoms with van der Waals surface area (Å²) in [6.45, 7) is 5.09. The molecule has 1 N–H and O–H groups in total. The zero-order chi connectivity index (χ0) is 12.3. The summed E-state index contributed by atoms with van der Waals surface area (Å²) < 4.78 is 2.77. The summed E-state index contributed by atoms with van der Waals surface area (Å²) in [6, 6.07) is 4.05. The molecule has 0 aliphatic heterocycles. The number of nitrogens with zero attached hydrogens (tertiary/aromatic N) is 3. The first-order chi connectivity index (χ1) is 8.18. The van der Waals surface area contributed by atoms with Crippen molar-refractivity contribution >= 4 is 12.2 Å². The number of aryl methyl sites for hydroxylation is 1. The first-order valence-electron chi connectivity index (χ1n) is 5.72. The van der Waals surface area contributed by atoms with Gasteiger partial charge in [-0.2, -0.15) is 5.10 Å². The van der Waals surface area contributed by atoms with E-state index >= 15 is 0 Å². The summed E-state index contributed by atoms with van der Waals surface area (Å²) in [6.07, 6.45) is 4.57. The Hall–Kier alpha value is -1.49. The summed E-state index contributed by atoms with van der Waals surface area (Å²) in [5.74, 6) is 1.39. The summed E-state index contributed by atoms with van der Waals surface area (Å²) in [5, 5.41) is 7.12. The standard InChI is InChI=1S/C12H16N4S/c1-9(2)11-14-15-12(17)16(11)8-5-10-3-6-13-7-4-10/h3-4,6-7,9H,5,8H2,1-2H3,(H,15,17). The molecule has 0 aromatic carbocycles. The molecule has 0 amide bonds. The van der Waals surface area contributed by atoms with Crippen molar-refractivity contribution in [3.05, 3.63) is 40.7 Å². The van der Waals surface area contributed by atoms with Gasteiger partial charge in [0.25, 0.3) is 0 Å². The first kappa shape index (κ1) is 12.0. The highest BCUT2D eigenvalue weighted by molar-refractivity contribution is 7.71. The molecule has 90 valence electrons. The molecule has 0 bridgehead atoms. The van der Waals surface area contributed by atoms with Gasteiger partial charge in [0, 0.05) is 24.9 Å². The van der Waals surface area contributed by atoms with Gasteiger partial charge in [0.15, 0.2) is 4.77 Å². The molecule has 0 saturated carbocycles. The van der Waals surface area contributed by atoms with Gasteiger partial charge >= 0.3 is 0 Å².